The summed E-state index contributed by atoms with van der Waals surface area (Å²) in [6.45, 7) is 2.21. The molecule has 1 aromatic carbocycles. The van der Waals surface area contributed by atoms with Crippen molar-refractivity contribution in [2.45, 2.75) is 13.3 Å². The van der Waals surface area contributed by atoms with Crippen LogP contribution >= 0.6 is 11.6 Å². The van der Waals surface area contributed by atoms with Crippen molar-refractivity contribution < 1.29 is 13.6 Å². The highest BCUT2D eigenvalue weighted by Crippen LogP contribution is 2.35. The molecule has 0 N–H and O–H groups in total. The van der Waals surface area contributed by atoms with Gasteiger partial charge in [-0.15, -0.1) is 0 Å². The fourth-order valence-electron chi connectivity index (χ4n) is 2.15. The minimum absolute atomic E-state index is 0.0668. The lowest BCUT2D eigenvalue weighted by Gasteiger charge is -2.31. The summed E-state index contributed by atoms with van der Waals surface area (Å²) in [6.07, 6.45) is 0.453. The molecule has 2 aromatic rings. The second-order valence-electron chi connectivity index (χ2n) is 4.45. The quantitative estimate of drug-likeness (QED) is 0.753. The SMILES string of the molecule is Cc1c(N2CCC2=O)nc2cc(F)cc(F)c2c1Cl. The Morgan fingerprint density at radius 3 is 2.68 bits per heavy atom. The molecule has 0 bridgehead atoms. The van der Waals surface area contributed by atoms with Crippen LogP contribution in [0.25, 0.3) is 10.9 Å². The Balaban J connectivity index is 2.31. The van der Waals surface area contributed by atoms with Gasteiger partial charge in [0.25, 0.3) is 0 Å². The summed E-state index contributed by atoms with van der Waals surface area (Å²) < 4.78 is 27.0. The normalized spacial score (nSPS) is 14.9. The zero-order chi connectivity index (χ0) is 13.7. The number of carbonyl (C=O) groups excluding carboxylic acids is 1. The molecular formula is C13H9ClF2N2O. The predicted octanol–water partition coefficient (Wildman–Crippen LogP) is 3.21. The van der Waals surface area contributed by atoms with Gasteiger partial charge in [-0.3, -0.25) is 9.69 Å². The van der Waals surface area contributed by atoms with E-state index in [4.69, 9.17) is 11.6 Å². The molecule has 6 heteroatoms. The lowest BCUT2D eigenvalue weighted by molar-refractivity contribution is -0.122. The van der Waals surface area contributed by atoms with Crippen molar-refractivity contribution in [3.05, 3.63) is 34.4 Å². The topological polar surface area (TPSA) is 33.2 Å². The summed E-state index contributed by atoms with van der Waals surface area (Å²) in [7, 11) is 0. The summed E-state index contributed by atoms with van der Waals surface area (Å²) >= 11 is 6.12. The molecule has 3 rings (SSSR count). The number of nitrogens with zero attached hydrogens (tertiary/aromatic N) is 2. The van der Waals surface area contributed by atoms with Crippen molar-refractivity contribution >= 4 is 34.2 Å². The minimum atomic E-state index is -0.753. The number of hydrogen-bond acceptors (Lipinski definition) is 2. The van der Waals surface area contributed by atoms with E-state index in [0.29, 0.717) is 24.3 Å². The summed E-state index contributed by atoms with van der Waals surface area (Å²) in [5.41, 5.74) is 0.635. The van der Waals surface area contributed by atoms with E-state index in [2.05, 4.69) is 4.98 Å². The first-order chi connectivity index (χ1) is 8.99. The molecule has 1 aromatic heterocycles. The van der Waals surface area contributed by atoms with Crippen LogP contribution in [-0.2, 0) is 4.79 Å². The molecule has 19 heavy (non-hydrogen) atoms. The third-order valence-corrected chi connectivity index (χ3v) is 3.72. The average Bonchev–Trinajstić information content (AvgIpc) is 2.32. The van der Waals surface area contributed by atoms with Gasteiger partial charge in [0.1, 0.15) is 17.5 Å². The molecule has 2 heterocycles. The van der Waals surface area contributed by atoms with Crippen LogP contribution in [0.1, 0.15) is 12.0 Å². The molecule has 1 aliphatic heterocycles. The average molecular weight is 283 g/mol. The van der Waals surface area contributed by atoms with E-state index in [-0.39, 0.29) is 21.8 Å². The van der Waals surface area contributed by atoms with Gasteiger partial charge in [0.05, 0.1) is 15.9 Å². The Morgan fingerprint density at radius 1 is 1.37 bits per heavy atom. The molecule has 0 saturated carbocycles. The molecule has 0 radical (unpaired) electrons. The molecule has 0 aliphatic carbocycles. The molecule has 1 aliphatic rings. The zero-order valence-electron chi connectivity index (χ0n) is 10.0. The number of hydrogen-bond donors (Lipinski definition) is 0. The van der Waals surface area contributed by atoms with Crippen LogP contribution in [0.4, 0.5) is 14.6 Å². The molecule has 0 spiro atoms. The van der Waals surface area contributed by atoms with Crippen molar-refractivity contribution in [1.29, 1.82) is 0 Å². The van der Waals surface area contributed by atoms with Crippen molar-refractivity contribution in [3.63, 3.8) is 0 Å². The van der Waals surface area contributed by atoms with Crippen molar-refractivity contribution in [2.75, 3.05) is 11.4 Å². The lowest BCUT2D eigenvalue weighted by Crippen LogP contribution is -2.44. The number of aromatic nitrogens is 1. The van der Waals surface area contributed by atoms with Crippen LogP contribution in [0.3, 0.4) is 0 Å². The van der Waals surface area contributed by atoms with Gasteiger partial charge in [-0.2, -0.15) is 0 Å². The van der Waals surface area contributed by atoms with Crippen LogP contribution < -0.4 is 4.90 Å². The number of amides is 1. The van der Waals surface area contributed by atoms with Gasteiger partial charge >= 0.3 is 0 Å². The maximum Gasteiger partial charge on any atom is 0.229 e. The lowest BCUT2D eigenvalue weighted by atomic mass is 10.1. The van der Waals surface area contributed by atoms with Gasteiger partial charge < -0.3 is 0 Å². The van der Waals surface area contributed by atoms with E-state index in [1.807, 2.05) is 0 Å². The van der Waals surface area contributed by atoms with Gasteiger partial charge in [-0.1, -0.05) is 11.6 Å². The molecule has 0 unspecified atom stereocenters. The van der Waals surface area contributed by atoms with Crippen LogP contribution in [-0.4, -0.2) is 17.4 Å². The summed E-state index contributed by atoms with van der Waals surface area (Å²) in [4.78, 5) is 17.1. The minimum Gasteiger partial charge on any atom is -0.296 e. The van der Waals surface area contributed by atoms with E-state index in [1.165, 1.54) is 4.90 Å². The molecule has 1 fully saturated rings. The smallest absolute Gasteiger partial charge is 0.229 e. The Bertz CT molecular complexity index is 718. The van der Waals surface area contributed by atoms with Crippen molar-refractivity contribution in [2.24, 2.45) is 0 Å². The first-order valence-electron chi connectivity index (χ1n) is 5.74. The van der Waals surface area contributed by atoms with Gasteiger partial charge in [0.2, 0.25) is 5.91 Å². The first kappa shape index (κ1) is 12.3. The Morgan fingerprint density at radius 2 is 2.11 bits per heavy atom. The van der Waals surface area contributed by atoms with Crippen molar-refractivity contribution in [3.8, 4) is 0 Å². The number of β-lactam (4-membered cyclic amide) rings is 1. The summed E-state index contributed by atoms with van der Waals surface area (Å²) in [5.74, 6) is -1.17. The Labute approximate surface area is 112 Å². The zero-order valence-corrected chi connectivity index (χ0v) is 10.8. The number of halogens is 3. The van der Waals surface area contributed by atoms with E-state index in [9.17, 15) is 13.6 Å². The number of anilines is 1. The molecule has 1 saturated heterocycles. The van der Waals surface area contributed by atoms with Gasteiger partial charge in [0.15, 0.2) is 0 Å². The Hall–Kier alpha value is -1.75. The molecule has 98 valence electrons. The maximum absolute atomic E-state index is 13.7. The summed E-state index contributed by atoms with van der Waals surface area (Å²) in [6, 6.07) is 1.88. The van der Waals surface area contributed by atoms with E-state index in [0.717, 1.165) is 12.1 Å². The largest absolute Gasteiger partial charge is 0.296 e. The highest BCUT2D eigenvalue weighted by atomic mass is 35.5. The third-order valence-electron chi connectivity index (χ3n) is 3.25. The number of rotatable bonds is 1. The highest BCUT2D eigenvalue weighted by Gasteiger charge is 2.29. The van der Waals surface area contributed by atoms with Crippen molar-refractivity contribution in [1.82, 2.24) is 4.98 Å². The predicted molar refractivity (Wildman–Crippen MR) is 68.4 cm³/mol. The number of fused-ring (bicyclic) bond motifs is 1. The van der Waals surface area contributed by atoms with Gasteiger partial charge in [0, 0.05) is 30.7 Å². The van der Waals surface area contributed by atoms with Crippen LogP contribution in [0.15, 0.2) is 12.1 Å². The molecule has 0 atom stereocenters. The molecule has 3 nitrogen and oxygen atoms in total. The third kappa shape index (κ3) is 1.76. The van der Waals surface area contributed by atoms with Gasteiger partial charge in [-0.05, 0) is 6.92 Å². The van der Waals surface area contributed by atoms with Crippen LogP contribution in [0, 0.1) is 18.6 Å². The number of benzene rings is 1. The number of carbonyl (C=O) groups is 1. The summed E-state index contributed by atoms with van der Waals surface area (Å²) in [5, 5.41) is 0.245. The van der Waals surface area contributed by atoms with Crippen LogP contribution in [0.5, 0.6) is 0 Å². The van der Waals surface area contributed by atoms with Crippen LogP contribution in [0.2, 0.25) is 5.02 Å². The van der Waals surface area contributed by atoms with E-state index in [1.54, 1.807) is 6.92 Å². The fraction of sp³-hybridized carbons (Fsp3) is 0.231. The van der Waals surface area contributed by atoms with E-state index < -0.39 is 11.6 Å². The number of pyridine rings is 1. The second-order valence-corrected chi connectivity index (χ2v) is 4.83. The Kier molecular flexibility index (Phi) is 2.67. The molecule has 1 amide bonds. The second kappa shape index (κ2) is 4.13. The standard InChI is InChI=1S/C13H9ClF2N2O/c1-6-12(14)11-8(16)4-7(15)5-9(11)17-13(6)18-3-2-10(18)19/h4-5H,2-3H2,1H3. The molecular weight excluding hydrogens is 274 g/mol. The first-order valence-corrected chi connectivity index (χ1v) is 6.12. The maximum atomic E-state index is 13.7. The van der Waals surface area contributed by atoms with E-state index >= 15 is 0 Å². The highest BCUT2D eigenvalue weighted by molar-refractivity contribution is 6.36. The monoisotopic (exact) mass is 282 g/mol. The fourth-order valence-corrected chi connectivity index (χ4v) is 2.42. The van der Waals surface area contributed by atoms with Gasteiger partial charge in [-0.25, -0.2) is 13.8 Å².